The van der Waals surface area contributed by atoms with Crippen LogP contribution in [0.3, 0.4) is 0 Å². The van der Waals surface area contributed by atoms with Crippen molar-refractivity contribution in [3.63, 3.8) is 0 Å². The van der Waals surface area contributed by atoms with Crippen molar-refractivity contribution in [1.82, 2.24) is 0 Å². The zero-order chi connectivity index (χ0) is 13.0. The molecule has 2 nitrogen and oxygen atoms in total. The number of hydrogen-bond acceptors (Lipinski definition) is 2. The molecule has 1 fully saturated rings. The van der Waals surface area contributed by atoms with Crippen LogP contribution < -0.4 is 5.32 Å². The number of para-hydroxylation sites is 1. The molecule has 0 spiro atoms. The molecule has 1 aromatic rings. The van der Waals surface area contributed by atoms with Crippen LogP contribution in [0, 0.1) is 0 Å². The van der Waals surface area contributed by atoms with Gasteiger partial charge in [0.1, 0.15) is 0 Å². The molecule has 3 heteroatoms. The Morgan fingerprint density at radius 3 is 2.83 bits per heavy atom. The quantitative estimate of drug-likeness (QED) is 0.819. The van der Waals surface area contributed by atoms with Crippen molar-refractivity contribution in [2.75, 3.05) is 12.4 Å². The van der Waals surface area contributed by atoms with Gasteiger partial charge in [0.15, 0.2) is 0 Å². The minimum Gasteiger partial charge on any atom is -0.382 e. The zero-order valence-corrected chi connectivity index (χ0v) is 11.9. The number of methoxy groups -OCH3 is 1. The van der Waals surface area contributed by atoms with Crippen LogP contribution in [0.2, 0.25) is 0 Å². The number of halogens is 1. The molecule has 2 rings (SSSR count). The largest absolute Gasteiger partial charge is 0.382 e. The highest BCUT2D eigenvalue weighted by atomic mass is 35.5. The van der Waals surface area contributed by atoms with Gasteiger partial charge in [-0.05, 0) is 44.2 Å². The normalized spacial score (nSPS) is 25.7. The Hall–Kier alpha value is -0.730. The minimum absolute atomic E-state index is 0.0375. The Bertz CT molecular complexity index is 381. The average Bonchev–Trinajstić information content (AvgIpc) is 2.39. The molecule has 1 aromatic carbocycles. The molecule has 0 aromatic heterocycles. The van der Waals surface area contributed by atoms with Crippen LogP contribution in [0.4, 0.5) is 5.69 Å². The highest BCUT2D eigenvalue weighted by molar-refractivity contribution is 6.21. The van der Waals surface area contributed by atoms with Crippen LogP contribution in [0.5, 0.6) is 0 Å². The van der Waals surface area contributed by atoms with Crippen LogP contribution in [0.15, 0.2) is 24.3 Å². The van der Waals surface area contributed by atoms with Gasteiger partial charge in [0.2, 0.25) is 0 Å². The molecule has 0 saturated heterocycles. The number of nitrogens with one attached hydrogen (secondary N) is 1. The summed E-state index contributed by atoms with van der Waals surface area (Å²) in [6, 6.07) is 8.81. The molecule has 18 heavy (non-hydrogen) atoms. The second kappa shape index (κ2) is 6.44. The minimum atomic E-state index is 0.0375. The molecule has 0 radical (unpaired) electrons. The summed E-state index contributed by atoms with van der Waals surface area (Å²) in [5.41, 5.74) is 2.35. The molecule has 3 unspecified atom stereocenters. The van der Waals surface area contributed by atoms with Gasteiger partial charge in [0, 0.05) is 18.8 Å². The van der Waals surface area contributed by atoms with Crippen molar-refractivity contribution in [3.8, 4) is 0 Å². The van der Waals surface area contributed by atoms with Crippen molar-refractivity contribution in [1.29, 1.82) is 0 Å². The van der Waals surface area contributed by atoms with E-state index in [-0.39, 0.29) is 5.38 Å². The third-order valence-corrected chi connectivity index (χ3v) is 3.94. The van der Waals surface area contributed by atoms with Gasteiger partial charge >= 0.3 is 0 Å². The van der Waals surface area contributed by atoms with Crippen LogP contribution >= 0.6 is 11.6 Å². The summed E-state index contributed by atoms with van der Waals surface area (Å²) < 4.78 is 5.47. The summed E-state index contributed by atoms with van der Waals surface area (Å²) in [6.45, 7) is 2.01. The lowest BCUT2D eigenvalue weighted by atomic mass is 9.92. The fourth-order valence-electron chi connectivity index (χ4n) is 2.69. The molecule has 0 aliphatic heterocycles. The second-order valence-corrected chi connectivity index (χ2v) is 5.72. The fraction of sp³-hybridized carbons (Fsp3) is 0.600. The van der Waals surface area contributed by atoms with E-state index in [0.29, 0.717) is 12.1 Å². The van der Waals surface area contributed by atoms with Gasteiger partial charge in [-0.25, -0.2) is 0 Å². The molecule has 1 saturated carbocycles. The maximum absolute atomic E-state index is 6.22. The number of rotatable bonds is 4. The zero-order valence-electron chi connectivity index (χ0n) is 11.2. The number of benzene rings is 1. The first-order chi connectivity index (χ1) is 8.70. The van der Waals surface area contributed by atoms with Gasteiger partial charge in [-0.3, -0.25) is 0 Å². The summed E-state index contributed by atoms with van der Waals surface area (Å²) in [7, 11) is 1.81. The SMILES string of the molecule is COC1CCCC(Nc2ccccc2C(C)Cl)C1. The van der Waals surface area contributed by atoms with Gasteiger partial charge in [0.05, 0.1) is 11.5 Å². The smallest absolute Gasteiger partial charge is 0.0590 e. The number of anilines is 1. The lowest BCUT2D eigenvalue weighted by molar-refractivity contribution is 0.0669. The Morgan fingerprint density at radius 1 is 1.33 bits per heavy atom. The first-order valence-corrected chi connectivity index (χ1v) is 7.16. The van der Waals surface area contributed by atoms with Crippen LogP contribution in [-0.2, 0) is 4.74 Å². The van der Waals surface area contributed by atoms with E-state index in [0.717, 1.165) is 6.42 Å². The molecule has 0 heterocycles. The molecular formula is C15H22ClNO. The topological polar surface area (TPSA) is 21.3 Å². The number of hydrogen-bond donors (Lipinski definition) is 1. The highest BCUT2D eigenvalue weighted by Gasteiger charge is 2.22. The van der Waals surface area contributed by atoms with Gasteiger partial charge in [-0.2, -0.15) is 0 Å². The predicted molar refractivity (Wildman–Crippen MR) is 77.4 cm³/mol. The van der Waals surface area contributed by atoms with Crippen molar-refractivity contribution in [3.05, 3.63) is 29.8 Å². The van der Waals surface area contributed by atoms with Crippen LogP contribution in [-0.4, -0.2) is 19.3 Å². The molecule has 100 valence electrons. The Labute approximate surface area is 115 Å². The molecule has 3 atom stereocenters. The maximum atomic E-state index is 6.22. The predicted octanol–water partition coefficient (Wildman–Crippen LogP) is 4.36. The first-order valence-electron chi connectivity index (χ1n) is 6.73. The summed E-state index contributed by atoms with van der Waals surface area (Å²) >= 11 is 6.22. The van der Waals surface area contributed by atoms with E-state index in [1.165, 1.54) is 30.5 Å². The van der Waals surface area contributed by atoms with E-state index in [1.54, 1.807) is 0 Å². The Balaban J connectivity index is 2.04. The van der Waals surface area contributed by atoms with E-state index in [2.05, 4.69) is 23.5 Å². The van der Waals surface area contributed by atoms with Crippen molar-refractivity contribution in [2.24, 2.45) is 0 Å². The summed E-state index contributed by atoms with van der Waals surface area (Å²) in [6.07, 6.45) is 5.11. The lowest BCUT2D eigenvalue weighted by Gasteiger charge is -2.30. The van der Waals surface area contributed by atoms with E-state index in [9.17, 15) is 0 Å². The molecule has 1 aliphatic rings. The summed E-state index contributed by atoms with van der Waals surface area (Å²) in [5.74, 6) is 0. The highest BCUT2D eigenvalue weighted by Crippen LogP contribution is 2.30. The molecule has 0 bridgehead atoms. The fourth-order valence-corrected chi connectivity index (χ4v) is 2.88. The summed E-state index contributed by atoms with van der Waals surface area (Å²) in [4.78, 5) is 0. The molecular weight excluding hydrogens is 246 g/mol. The second-order valence-electron chi connectivity index (χ2n) is 5.07. The molecule has 0 amide bonds. The molecule has 1 aliphatic carbocycles. The van der Waals surface area contributed by atoms with Gasteiger partial charge in [-0.15, -0.1) is 11.6 Å². The summed E-state index contributed by atoms with van der Waals surface area (Å²) in [5, 5.41) is 3.67. The van der Waals surface area contributed by atoms with E-state index < -0.39 is 0 Å². The van der Waals surface area contributed by atoms with Crippen molar-refractivity contribution < 1.29 is 4.74 Å². The molecule has 1 N–H and O–H groups in total. The first kappa shape index (κ1) is 13.7. The van der Waals surface area contributed by atoms with E-state index >= 15 is 0 Å². The van der Waals surface area contributed by atoms with Gasteiger partial charge in [0.25, 0.3) is 0 Å². The monoisotopic (exact) mass is 267 g/mol. The average molecular weight is 268 g/mol. The Kier molecular flexibility index (Phi) is 4.90. The van der Waals surface area contributed by atoms with E-state index in [1.807, 2.05) is 20.1 Å². The lowest BCUT2D eigenvalue weighted by Crippen LogP contribution is -2.31. The Morgan fingerprint density at radius 2 is 2.11 bits per heavy atom. The standard InChI is InChI=1S/C15H22ClNO/c1-11(16)14-8-3-4-9-15(14)17-12-6-5-7-13(10-12)18-2/h3-4,8-9,11-13,17H,5-7,10H2,1-2H3. The third-order valence-electron chi connectivity index (χ3n) is 3.71. The van der Waals surface area contributed by atoms with Crippen LogP contribution in [0.1, 0.15) is 43.5 Å². The van der Waals surface area contributed by atoms with Gasteiger partial charge < -0.3 is 10.1 Å². The number of ether oxygens (including phenoxy) is 1. The third kappa shape index (κ3) is 3.39. The van der Waals surface area contributed by atoms with E-state index in [4.69, 9.17) is 16.3 Å². The maximum Gasteiger partial charge on any atom is 0.0590 e. The van der Waals surface area contributed by atoms with Crippen molar-refractivity contribution in [2.45, 2.75) is 50.1 Å². The number of alkyl halides is 1. The van der Waals surface area contributed by atoms with Gasteiger partial charge in [-0.1, -0.05) is 18.2 Å². The van der Waals surface area contributed by atoms with Crippen LogP contribution in [0.25, 0.3) is 0 Å². The van der Waals surface area contributed by atoms with Crippen molar-refractivity contribution >= 4 is 17.3 Å².